The van der Waals surface area contributed by atoms with Gasteiger partial charge in [-0.3, -0.25) is 0 Å². The van der Waals surface area contributed by atoms with Crippen LogP contribution in [0.3, 0.4) is 0 Å². The number of fused-ring (bicyclic) bond motifs is 2. The molecule has 260 valence electrons. The second-order valence-corrected chi connectivity index (χ2v) is 17.0. The molecule has 0 saturated heterocycles. The Morgan fingerprint density at radius 2 is 0.846 bits per heavy atom. The summed E-state index contributed by atoms with van der Waals surface area (Å²) in [5.41, 5.74) is 15.6. The minimum atomic E-state index is 0. The molecule has 0 radical (unpaired) electrons. The summed E-state index contributed by atoms with van der Waals surface area (Å²) in [7, 11) is 0. The smallest absolute Gasteiger partial charge is 1.00 e. The first-order chi connectivity index (χ1) is 24.4. The largest absolute Gasteiger partial charge is 1.00 e. The van der Waals surface area contributed by atoms with E-state index in [0.29, 0.717) is 11.8 Å². The molecular weight excluding hydrogens is 838 g/mol. The third-order valence-electron chi connectivity index (χ3n) is 9.16. The predicted octanol–water partition coefficient (Wildman–Crippen LogP) is 6.78. The molecule has 4 aliphatic carbocycles. The Morgan fingerprint density at radius 3 is 1.19 bits per heavy atom. The Balaban J connectivity index is 0.000000204. The van der Waals surface area contributed by atoms with Gasteiger partial charge in [-0.25, -0.2) is 0 Å². The molecule has 0 N–H and O–H groups in total. The first-order valence-corrected chi connectivity index (χ1v) is 19.4. The molecule has 4 aromatic carbocycles. The first-order valence-electron chi connectivity index (χ1n) is 17.6. The van der Waals surface area contributed by atoms with E-state index in [1.165, 1.54) is 90.7 Å². The predicted molar refractivity (Wildman–Crippen MR) is 210 cm³/mol. The molecule has 0 fully saturated rings. The van der Waals surface area contributed by atoms with Gasteiger partial charge in [0.05, 0.1) is 0 Å². The van der Waals surface area contributed by atoms with Gasteiger partial charge < -0.3 is 24.8 Å². The SMILES string of the molecule is CC1=[C-]C2=CC=CCC(c3ccc(-c4ccccc4)cc3)C2=C1.CC1=[C-]C2=CC=CCC(c3ccc(-c4ccccc4)cc3)C2=C1.C[C](C)=[Hf+2].[Cl-].[Cl-]. The van der Waals surface area contributed by atoms with Crippen molar-refractivity contribution in [2.24, 2.45) is 0 Å². The van der Waals surface area contributed by atoms with Crippen molar-refractivity contribution in [2.75, 3.05) is 0 Å². The summed E-state index contributed by atoms with van der Waals surface area (Å²) in [5.74, 6) is 0.851. The zero-order valence-corrected chi connectivity index (χ0v) is 35.4. The van der Waals surface area contributed by atoms with E-state index < -0.39 is 0 Å². The van der Waals surface area contributed by atoms with Crippen LogP contribution in [0.15, 0.2) is 191 Å². The summed E-state index contributed by atoms with van der Waals surface area (Å²) in [6.07, 6.45) is 26.8. The fraction of sp³-hybridized carbons (Fsp3) is 0.163. The zero-order chi connectivity index (χ0) is 34.9. The number of allylic oxidation sites excluding steroid dienone is 16. The van der Waals surface area contributed by atoms with Gasteiger partial charge in [-0.1, -0.05) is 135 Å². The molecule has 3 heteroatoms. The van der Waals surface area contributed by atoms with Crippen molar-refractivity contribution in [1.82, 2.24) is 0 Å². The summed E-state index contributed by atoms with van der Waals surface area (Å²) in [5, 5.41) is 0. The normalized spacial score (nSPS) is 17.8. The van der Waals surface area contributed by atoms with E-state index in [9.17, 15) is 0 Å². The molecule has 2 atom stereocenters. The molecule has 4 aliphatic rings. The van der Waals surface area contributed by atoms with E-state index in [1.807, 2.05) is 0 Å². The van der Waals surface area contributed by atoms with E-state index in [1.54, 1.807) is 3.26 Å². The molecular formula is C49H44Cl2Hf-2. The standard InChI is InChI=1S/2C23H19.C3H6.2ClH.Hf/c2*1-17-15-21-9-5-6-10-22(23(21)16-17)20-13-11-19(12-14-20)18-7-3-2-4-8-18;1-3-2;;;/h2*2-9,11-14,16,22H,10H2,1H3;1-2H3;2*1H;/q2*-1;;;;+2/p-2. The maximum atomic E-state index is 3.47. The number of halogens is 2. The Kier molecular flexibility index (Phi) is 15.6. The van der Waals surface area contributed by atoms with Gasteiger partial charge in [-0.05, 0) is 58.1 Å². The van der Waals surface area contributed by atoms with E-state index in [2.05, 4.69) is 198 Å². The Morgan fingerprint density at radius 1 is 0.519 bits per heavy atom. The van der Waals surface area contributed by atoms with Gasteiger partial charge in [-0.2, -0.15) is 34.4 Å². The molecule has 0 amide bonds. The molecule has 52 heavy (non-hydrogen) atoms. The van der Waals surface area contributed by atoms with Crippen molar-refractivity contribution >= 4 is 3.26 Å². The number of rotatable bonds is 4. The minimum absolute atomic E-state index is 0. The molecule has 8 rings (SSSR count). The molecule has 0 nitrogen and oxygen atoms in total. The van der Waals surface area contributed by atoms with Crippen LogP contribution in [0.4, 0.5) is 0 Å². The second kappa shape index (κ2) is 19.8. The summed E-state index contributed by atoms with van der Waals surface area (Å²) >= 11 is 1.27. The van der Waals surface area contributed by atoms with Crippen LogP contribution >= 0.6 is 0 Å². The fourth-order valence-corrected chi connectivity index (χ4v) is 6.84. The van der Waals surface area contributed by atoms with Crippen LogP contribution in [0.25, 0.3) is 22.3 Å². The maximum absolute atomic E-state index is 3.47. The van der Waals surface area contributed by atoms with Crippen LogP contribution in [0.2, 0.25) is 0 Å². The van der Waals surface area contributed by atoms with Crippen molar-refractivity contribution in [3.63, 3.8) is 0 Å². The summed E-state index contributed by atoms with van der Waals surface area (Å²) < 4.78 is 1.56. The third kappa shape index (κ3) is 10.6. The van der Waals surface area contributed by atoms with Crippen LogP contribution in [-0.4, -0.2) is 3.26 Å². The molecule has 0 bridgehead atoms. The molecule has 2 unspecified atom stereocenters. The van der Waals surface area contributed by atoms with Crippen LogP contribution in [-0.2, 0) is 23.9 Å². The van der Waals surface area contributed by atoms with Gasteiger partial charge in [0.15, 0.2) is 0 Å². The van der Waals surface area contributed by atoms with Crippen molar-refractivity contribution in [3.05, 3.63) is 215 Å². The van der Waals surface area contributed by atoms with E-state index in [4.69, 9.17) is 0 Å². The van der Waals surface area contributed by atoms with Crippen molar-refractivity contribution in [2.45, 2.75) is 52.4 Å². The molecule has 0 spiro atoms. The Labute approximate surface area is 338 Å². The average molecular weight is 882 g/mol. The molecule has 0 heterocycles. The second-order valence-electron chi connectivity index (χ2n) is 13.4. The monoisotopic (exact) mass is 882 g/mol. The third-order valence-corrected chi connectivity index (χ3v) is 9.16. The Hall–Kier alpha value is -3.88. The van der Waals surface area contributed by atoms with Crippen molar-refractivity contribution in [3.8, 4) is 22.3 Å². The average Bonchev–Trinajstić information content (AvgIpc) is 3.55. The van der Waals surface area contributed by atoms with Crippen LogP contribution in [0.1, 0.15) is 63.5 Å². The van der Waals surface area contributed by atoms with Gasteiger partial charge in [0, 0.05) is 0 Å². The number of hydrogen-bond donors (Lipinski definition) is 0. The molecule has 0 aromatic heterocycles. The van der Waals surface area contributed by atoms with Crippen molar-refractivity contribution < 1.29 is 48.7 Å². The molecule has 0 saturated carbocycles. The van der Waals surface area contributed by atoms with Gasteiger partial charge in [0.25, 0.3) is 0 Å². The van der Waals surface area contributed by atoms with E-state index >= 15 is 0 Å². The quantitative estimate of drug-likeness (QED) is 0.157. The topological polar surface area (TPSA) is 0 Å². The van der Waals surface area contributed by atoms with E-state index in [0.717, 1.165) is 12.8 Å². The van der Waals surface area contributed by atoms with Crippen molar-refractivity contribution in [1.29, 1.82) is 0 Å². The van der Waals surface area contributed by atoms with E-state index in [-0.39, 0.29) is 24.8 Å². The van der Waals surface area contributed by atoms with Gasteiger partial charge in [0.2, 0.25) is 0 Å². The number of benzene rings is 4. The summed E-state index contributed by atoms with van der Waals surface area (Å²) in [6, 6.07) is 39.2. The van der Waals surface area contributed by atoms with Gasteiger partial charge in [-0.15, -0.1) is 47.6 Å². The summed E-state index contributed by atoms with van der Waals surface area (Å²) in [4.78, 5) is 0. The Bertz CT molecular complexity index is 1920. The fourth-order valence-electron chi connectivity index (χ4n) is 6.84. The number of hydrogen-bond acceptors (Lipinski definition) is 0. The van der Waals surface area contributed by atoms with Gasteiger partial charge >= 0.3 is 41.0 Å². The molecule has 4 aromatic rings. The first kappa shape index (κ1) is 40.9. The van der Waals surface area contributed by atoms with Crippen LogP contribution < -0.4 is 24.8 Å². The molecule has 0 aliphatic heterocycles. The maximum Gasteiger partial charge on any atom is -1.00 e. The van der Waals surface area contributed by atoms with Gasteiger partial charge in [0.1, 0.15) is 0 Å². The zero-order valence-electron chi connectivity index (χ0n) is 30.3. The van der Waals surface area contributed by atoms with Crippen LogP contribution in [0.5, 0.6) is 0 Å². The van der Waals surface area contributed by atoms with Crippen LogP contribution in [0, 0.1) is 12.2 Å². The summed E-state index contributed by atoms with van der Waals surface area (Å²) in [6.45, 7) is 8.54. The minimum Gasteiger partial charge on any atom is -1.00 e.